The average molecular weight is 577 g/mol. The number of aromatic carboxylic acids is 1. The minimum Gasteiger partial charge on any atom is -0.496 e. The highest BCUT2D eigenvalue weighted by molar-refractivity contribution is 6.07. The molecule has 1 N–H and O–H groups in total. The Bertz CT molecular complexity index is 1870. The molecule has 0 spiro atoms. The first-order valence-electron chi connectivity index (χ1n) is 13.8. The minimum absolute atomic E-state index is 0.0838. The van der Waals surface area contributed by atoms with Crippen molar-refractivity contribution in [2.45, 2.75) is 19.8 Å². The van der Waals surface area contributed by atoms with Crippen LogP contribution in [0.5, 0.6) is 5.75 Å². The quantitative estimate of drug-likeness (QED) is 0.186. The summed E-state index contributed by atoms with van der Waals surface area (Å²) in [5.41, 5.74) is 2.59. The number of hydrogen-bond donors (Lipinski definition) is 1. The monoisotopic (exact) mass is 576 g/mol. The SMILES string of the molecule is CCOC(=O)C1=C(C)C=C2O/C(=C\c3ccc(-c4ccc(C(=O)O)cc4)o3)C(=O)C2C1c1c(OC)ccc2ccccc12. The smallest absolute Gasteiger partial charge is 0.335 e. The first-order valence-corrected chi connectivity index (χ1v) is 13.8. The van der Waals surface area contributed by atoms with E-state index >= 15 is 0 Å². The zero-order valence-electron chi connectivity index (χ0n) is 23.7. The van der Waals surface area contributed by atoms with Crippen molar-refractivity contribution in [2.24, 2.45) is 5.92 Å². The van der Waals surface area contributed by atoms with Gasteiger partial charge in [0.15, 0.2) is 5.76 Å². The predicted molar refractivity (Wildman–Crippen MR) is 159 cm³/mol. The molecule has 0 radical (unpaired) electrons. The van der Waals surface area contributed by atoms with E-state index in [1.54, 1.807) is 44.4 Å². The van der Waals surface area contributed by atoms with E-state index in [1.807, 2.05) is 43.3 Å². The van der Waals surface area contributed by atoms with Crippen molar-refractivity contribution >= 4 is 34.6 Å². The third-order valence-electron chi connectivity index (χ3n) is 7.76. The van der Waals surface area contributed by atoms with Crippen LogP contribution < -0.4 is 4.74 Å². The largest absolute Gasteiger partial charge is 0.496 e. The van der Waals surface area contributed by atoms with E-state index in [0.717, 1.165) is 10.8 Å². The Morgan fingerprint density at radius 3 is 2.47 bits per heavy atom. The maximum absolute atomic E-state index is 14.1. The summed E-state index contributed by atoms with van der Waals surface area (Å²) in [5, 5.41) is 11.0. The molecule has 2 unspecified atom stereocenters. The Labute approximate surface area is 247 Å². The predicted octanol–water partition coefficient (Wildman–Crippen LogP) is 6.92. The van der Waals surface area contributed by atoms with E-state index in [0.29, 0.717) is 45.3 Å². The molecule has 43 heavy (non-hydrogen) atoms. The van der Waals surface area contributed by atoms with Gasteiger partial charge < -0.3 is 23.7 Å². The van der Waals surface area contributed by atoms with Crippen LogP contribution in [-0.2, 0) is 19.1 Å². The first-order chi connectivity index (χ1) is 20.8. The Morgan fingerprint density at radius 1 is 0.977 bits per heavy atom. The highest BCUT2D eigenvalue weighted by Crippen LogP contribution is 2.52. The Hall–Kier alpha value is -5.37. The summed E-state index contributed by atoms with van der Waals surface area (Å²) in [7, 11) is 1.57. The summed E-state index contributed by atoms with van der Waals surface area (Å²) in [6.45, 7) is 3.74. The number of hydrogen-bond acceptors (Lipinski definition) is 7. The summed E-state index contributed by atoms with van der Waals surface area (Å²) in [6, 6.07) is 21.3. The number of ketones is 1. The zero-order chi connectivity index (χ0) is 30.2. The number of methoxy groups -OCH3 is 1. The molecule has 216 valence electrons. The molecular weight excluding hydrogens is 548 g/mol. The van der Waals surface area contributed by atoms with Gasteiger partial charge in [-0.3, -0.25) is 4.79 Å². The van der Waals surface area contributed by atoms with Crippen molar-refractivity contribution in [3.63, 3.8) is 0 Å². The summed E-state index contributed by atoms with van der Waals surface area (Å²) in [6.07, 6.45) is 3.26. The van der Waals surface area contributed by atoms with Crippen LogP contribution in [0.25, 0.3) is 28.2 Å². The van der Waals surface area contributed by atoms with Crippen LogP contribution in [0, 0.1) is 5.92 Å². The molecule has 2 atom stereocenters. The van der Waals surface area contributed by atoms with Crippen molar-refractivity contribution in [1.29, 1.82) is 0 Å². The van der Waals surface area contributed by atoms with E-state index < -0.39 is 23.8 Å². The van der Waals surface area contributed by atoms with Gasteiger partial charge in [-0.2, -0.15) is 0 Å². The van der Waals surface area contributed by atoms with Crippen LogP contribution in [0.3, 0.4) is 0 Å². The second-order valence-electron chi connectivity index (χ2n) is 10.3. The lowest BCUT2D eigenvalue weighted by Gasteiger charge is -2.30. The van der Waals surface area contributed by atoms with Gasteiger partial charge in [-0.1, -0.05) is 42.5 Å². The van der Waals surface area contributed by atoms with Gasteiger partial charge in [0, 0.05) is 28.7 Å². The van der Waals surface area contributed by atoms with E-state index in [4.69, 9.17) is 23.7 Å². The Morgan fingerprint density at radius 2 is 1.74 bits per heavy atom. The number of esters is 1. The van der Waals surface area contributed by atoms with Gasteiger partial charge in [0.2, 0.25) is 5.78 Å². The van der Waals surface area contributed by atoms with Gasteiger partial charge in [0.05, 0.1) is 25.2 Å². The summed E-state index contributed by atoms with van der Waals surface area (Å²) >= 11 is 0. The molecule has 1 aliphatic carbocycles. The van der Waals surface area contributed by atoms with Gasteiger partial charge in [-0.05, 0) is 66.6 Å². The molecule has 8 heteroatoms. The van der Waals surface area contributed by atoms with Crippen LogP contribution >= 0.6 is 0 Å². The molecule has 8 nitrogen and oxygen atoms in total. The summed E-state index contributed by atoms with van der Waals surface area (Å²) < 4.78 is 23.4. The molecule has 0 amide bonds. The number of carbonyl (C=O) groups is 3. The van der Waals surface area contributed by atoms with E-state index in [2.05, 4.69) is 0 Å². The fraction of sp³-hybridized carbons (Fsp3) is 0.171. The number of carboxylic acid groups (broad SMARTS) is 1. The third kappa shape index (κ3) is 4.91. The number of furan rings is 1. The first kappa shape index (κ1) is 27.8. The molecule has 2 aliphatic rings. The summed E-state index contributed by atoms with van der Waals surface area (Å²) in [4.78, 5) is 38.7. The number of carbonyl (C=O) groups excluding carboxylic acids is 2. The Balaban J connectivity index is 1.43. The maximum Gasteiger partial charge on any atom is 0.335 e. The number of benzene rings is 3. The van der Waals surface area contributed by atoms with Crippen molar-refractivity contribution in [3.05, 3.63) is 118 Å². The van der Waals surface area contributed by atoms with Crippen LogP contribution in [0.2, 0.25) is 0 Å². The molecule has 0 bridgehead atoms. The van der Waals surface area contributed by atoms with Crippen molar-refractivity contribution in [2.75, 3.05) is 13.7 Å². The maximum atomic E-state index is 14.1. The molecule has 2 heterocycles. The van der Waals surface area contributed by atoms with E-state index in [9.17, 15) is 14.4 Å². The van der Waals surface area contributed by atoms with Crippen LogP contribution in [0.15, 0.2) is 106 Å². The van der Waals surface area contributed by atoms with Crippen molar-refractivity contribution < 1.29 is 38.1 Å². The lowest BCUT2D eigenvalue weighted by Crippen LogP contribution is -2.29. The fourth-order valence-corrected chi connectivity index (χ4v) is 5.84. The molecular formula is C35H28O8. The highest BCUT2D eigenvalue weighted by atomic mass is 16.5. The molecule has 3 aromatic carbocycles. The van der Waals surface area contributed by atoms with Gasteiger partial charge in [0.25, 0.3) is 0 Å². The number of ether oxygens (including phenoxy) is 3. The van der Waals surface area contributed by atoms with Gasteiger partial charge in [0.1, 0.15) is 23.0 Å². The van der Waals surface area contributed by atoms with Crippen LogP contribution in [-0.4, -0.2) is 36.5 Å². The molecule has 6 rings (SSSR count). The Kier molecular flexibility index (Phi) is 7.19. The average Bonchev–Trinajstić information content (AvgIpc) is 3.60. The third-order valence-corrected chi connectivity index (χ3v) is 7.76. The molecule has 4 aromatic rings. The second-order valence-corrected chi connectivity index (χ2v) is 10.3. The van der Waals surface area contributed by atoms with E-state index in [1.165, 1.54) is 18.2 Å². The minimum atomic E-state index is -1.01. The standard InChI is InChI=1S/C35H28O8/c1-4-41-35(39)29-19(2)17-27-31(32(29)30-24-8-6-5-7-20(24)13-15-26(30)40-3)33(36)28(43-27)18-23-14-16-25(42-23)21-9-11-22(12-10-21)34(37)38/h5-18,31-32H,4H2,1-3H3,(H,37,38)/b28-18-. The van der Waals surface area contributed by atoms with Crippen LogP contribution in [0.4, 0.5) is 0 Å². The lowest BCUT2D eigenvalue weighted by atomic mass is 9.71. The van der Waals surface area contributed by atoms with Crippen LogP contribution in [0.1, 0.15) is 41.4 Å². The number of rotatable bonds is 7. The van der Waals surface area contributed by atoms with Gasteiger partial charge in [-0.25, -0.2) is 9.59 Å². The highest BCUT2D eigenvalue weighted by Gasteiger charge is 2.49. The molecule has 1 fully saturated rings. The molecule has 0 saturated carbocycles. The second kappa shape index (κ2) is 11.1. The number of carboxylic acids is 1. The van der Waals surface area contributed by atoms with Crippen molar-refractivity contribution in [3.8, 4) is 17.1 Å². The zero-order valence-corrected chi connectivity index (χ0v) is 23.7. The molecule has 1 saturated heterocycles. The number of fused-ring (bicyclic) bond motifs is 2. The normalized spacial score (nSPS) is 18.8. The van der Waals surface area contributed by atoms with Gasteiger partial charge >= 0.3 is 11.9 Å². The number of allylic oxidation sites excluding steroid dienone is 4. The van der Waals surface area contributed by atoms with Crippen molar-refractivity contribution in [1.82, 2.24) is 0 Å². The lowest BCUT2D eigenvalue weighted by molar-refractivity contribution is -0.139. The molecule has 1 aromatic heterocycles. The summed E-state index contributed by atoms with van der Waals surface area (Å²) in [5.74, 6) is -1.41. The van der Waals surface area contributed by atoms with E-state index in [-0.39, 0.29) is 23.7 Å². The van der Waals surface area contributed by atoms with Gasteiger partial charge in [-0.15, -0.1) is 0 Å². The fourth-order valence-electron chi connectivity index (χ4n) is 5.84. The topological polar surface area (TPSA) is 112 Å². The number of Topliss-reactive ketones (excluding diaryl/α,β-unsaturated/α-hetero) is 1. The molecule has 1 aliphatic heterocycles.